The molecule has 0 saturated heterocycles. The summed E-state index contributed by atoms with van der Waals surface area (Å²) in [5.41, 5.74) is 4.63. The van der Waals surface area contributed by atoms with E-state index in [4.69, 9.17) is 9.15 Å². The van der Waals surface area contributed by atoms with Crippen molar-refractivity contribution in [1.29, 1.82) is 0 Å². The minimum Gasteiger partial charge on any atom is -0.462 e. The zero-order chi connectivity index (χ0) is 23.7. The molecule has 4 rings (SSSR count). The van der Waals surface area contributed by atoms with Crippen molar-refractivity contribution in [2.24, 2.45) is 0 Å². The third-order valence-electron chi connectivity index (χ3n) is 5.26. The second kappa shape index (κ2) is 9.03. The molecule has 0 aliphatic heterocycles. The van der Waals surface area contributed by atoms with Crippen LogP contribution < -0.4 is 10.7 Å². The fraction of sp³-hybridized carbons (Fsp3) is 0.192. The molecule has 4 aromatic rings. The van der Waals surface area contributed by atoms with Crippen LogP contribution in [0.2, 0.25) is 0 Å². The van der Waals surface area contributed by atoms with Crippen LogP contribution in [-0.4, -0.2) is 18.5 Å². The van der Waals surface area contributed by atoms with Crippen LogP contribution in [0.25, 0.3) is 22.1 Å². The Bertz CT molecular complexity index is 1430. The number of hydrogen-bond donors (Lipinski definition) is 1. The number of nitrogens with one attached hydrogen (secondary N) is 1. The van der Waals surface area contributed by atoms with Gasteiger partial charge in [-0.05, 0) is 50.5 Å². The highest BCUT2D eigenvalue weighted by molar-refractivity contribution is 7.15. The molecule has 7 heteroatoms. The van der Waals surface area contributed by atoms with E-state index in [-0.39, 0.29) is 23.4 Å². The Labute approximate surface area is 194 Å². The van der Waals surface area contributed by atoms with Crippen LogP contribution in [0.5, 0.6) is 0 Å². The number of hydrogen-bond acceptors (Lipinski definition) is 6. The number of esters is 1. The summed E-state index contributed by atoms with van der Waals surface area (Å²) in [5, 5.41) is 5.31. The van der Waals surface area contributed by atoms with E-state index in [1.54, 1.807) is 18.4 Å². The molecule has 0 fully saturated rings. The predicted octanol–water partition coefficient (Wildman–Crippen LogP) is 5.88. The van der Waals surface area contributed by atoms with Gasteiger partial charge >= 0.3 is 5.97 Å². The lowest BCUT2D eigenvalue weighted by Gasteiger charge is -2.09. The number of carbonyl (C=O) groups excluding carboxylic acids is 2. The lowest BCUT2D eigenvalue weighted by molar-refractivity contribution is 0.0529. The molecule has 0 spiro atoms. The number of benzene rings is 2. The number of rotatable bonds is 5. The Morgan fingerprint density at radius 1 is 1.03 bits per heavy atom. The lowest BCUT2D eigenvalue weighted by Crippen LogP contribution is -2.17. The average Bonchev–Trinajstić information content (AvgIpc) is 3.17. The van der Waals surface area contributed by atoms with E-state index in [1.165, 1.54) is 17.4 Å². The van der Waals surface area contributed by atoms with Crippen LogP contribution in [0.3, 0.4) is 0 Å². The zero-order valence-electron chi connectivity index (χ0n) is 18.8. The van der Waals surface area contributed by atoms with Gasteiger partial charge in [-0.1, -0.05) is 35.9 Å². The molecule has 0 aliphatic carbocycles. The van der Waals surface area contributed by atoms with E-state index in [0.29, 0.717) is 21.5 Å². The van der Waals surface area contributed by atoms with E-state index in [9.17, 15) is 14.4 Å². The molecule has 0 aliphatic rings. The Hall–Kier alpha value is -3.71. The van der Waals surface area contributed by atoms with E-state index in [0.717, 1.165) is 22.3 Å². The first-order valence-electron chi connectivity index (χ1n) is 10.5. The van der Waals surface area contributed by atoms with Crippen LogP contribution >= 0.6 is 11.3 Å². The molecule has 168 valence electrons. The first-order chi connectivity index (χ1) is 15.8. The Kier molecular flexibility index (Phi) is 6.16. The standard InChI is InChI=1S/C26H23NO5S/c1-5-31-26(30)23-18(17-8-6-14(2)7-9-17)13-33-25(23)27-24(29)21-12-19(28)22-16(4)10-15(3)11-20(22)32-21/h6-13H,5H2,1-4H3,(H,27,29). The van der Waals surface area contributed by atoms with E-state index < -0.39 is 11.9 Å². The molecule has 1 N–H and O–H groups in total. The van der Waals surface area contributed by atoms with Gasteiger partial charge in [-0.2, -0.15) is 0 Å². The molecular weight excluding hydrogens is 438 g/mol. The van der Waals surface area contributed by atoms with Crippen LogP contribution in [0.15, 0.2) is 57.1 Å². The first-order valence-corrected chi connectivity index (χ1v) is 11.4. The molecule has 0 unspecified atom stereocenters. The maximum absolute atomic E-state index is 13.0. The SMILES string of the molecule is CCOC(=O)c1c(-c2ccc(C)cc2)csc1NC(=O)c1cc(=O)c2c(C)cc(C)cc2o1. The largest absolute Gasteiger partial charge is 0.462 e. The van der Waals surface area contributed by atoms with Gasteiger partial charge in [0.2, 0.25) is 0 Å². The van der Waals surface area contributed by atoms with Gasteiger partial charge < -0.3 is 14.5 Å². The fourth-order valence-corrected chi connectivity index (χ4v) is 4.69. The molecule has 0 saturated carbocycles. The minimum atomic E-state index is -0.615. The van der Waals surface area contributed by atoms with Gasteiger partial charge in [-0.15, -0.1) is 11.3 Å². The minimum absolute atomic E-state index is 0.127. The number of aryl methyl sites for hydroxylation is 3. The van der Waals surface area contributed by atoms with Crippen molar-refractivity contribution >= 4 is 39.2 Å². The Morgan fingerprint density at radius 3 is 2.45 bits per heavy atom. The Balaban J connectivity index is 1.74. The molecule has 2 heterocycles. The van der Waals surface area contributed by atoms with Gasteiger partial charge in [-0.3, -0.25) is 9.59 Å². The van der Waals surface area contributed by atoms with Gasteiger partial charge in [0, 0.05) is 17.0 Å². The van der Waals surface area contributed by atoms with Crippen molar-refractivity contribution in [1.82, 2.24) is 0 Å². The second-order valence-corrected chi connectivity index (χ2v) is 8.70. The molecule has 0 bridgehead atoms. The average molecular weight is 462 g/mol. The lowest BCUT2D eigenvalue weighted by atomic mass is 10.0. The maximum Gasteiger partial charge on any atom is 0.341 e. The van der Waals surface area contributed by atoms with Crippen LogP contribution in [-0.2, 0) is 4.74 Å². The number of anilines is 1. The highest BCUT2D eigenvalue weighted by Gasteiger charge is 2.24. The number of ether oxygens (including phenoxy) is 1. The molecule has 6 nitrogen and oxygen atoms in total. The highest BCUT2D eigenvalue weighted by atomic mass is 32.1. The monoisotopic (exact) mass is 461 g/mol. The van der Waals surface area contributed by atoms with Crippen LogP contribution in [0.1, 0.15) is 44.5 Å². The molecule has 33 heavy (non-hydrogen) atoms. The van der Waals surface area contributed by atoms with Gasteiger partial charge in [0.15, 0.2) is 11.2 Å². The summed E-state index contributed by atoms with van der Waals surface area (Å²) in [4.78, 5) is 38.4. The van der Waals surface area contributed by atoms with Gasteiger partial charge in [0.05, 0.1) is 12.0 Å². The summed E-state index contributed by atoms with van der Waals surface area (Å²) in [7, 11) is 0. The second-order valence-electron chi connectivity index (χ2n) is 7.82. The topological polar surface area (TPSA) is 85.6 Å². The summed E-state index contributed by atoms with van der Waals surface area (Å²) >= 11 is 1.21. The van der Waals surface area contributed by atoms with Crippen LogP contribution in [0.4, 0.5) is 5.00 Å². The summed E-state index contributed by atoms with van der Waals surface area (Å²) in [6.07, 6.45) is 0. The molecule has 2 aromatic heterocycles. The van der Waals surface area contributed by atoms with Crippen LogP contribution in [0, 0.1) is 20.8 Å². The van der Waals surface area contributed by atoms with E-state index in [2.05, 4.69) is 5.32 Å². The molecule has 0 radical (unpaired) electrons. The van der Waals surface area contributed by atoms with Crippen molar-refractivity contribution in [2.75, 3.05) is 11.9 Å². The molecular formula is C26H23NO5S. The van der Waals surface area contributed by atoms with Gasteiger partial charge in [-0.25, -0.2) is 4.79 Å². The molecule has 2 aromatic carbocycles. The molecule has 0 atom stereocenters. The number of thiophene rings is 1. The predicted molar refractivity (Wildman–Crippen MR) is 130 cm³/mol. The van der Waals surface area contributed by atoms with Gasteiger partial charge in [0.1, 0.15) is 16.1 Å². The number of carbonyl (C=O) groups is 2. The summed E-state index contributed by atoms with van der Waals surface area (Å²) in [6.45, 7) is 7.63. The third kappa shape index (κ3) is 4.45. The van der Waals surface area contributed by atoms with Crippen molar-refractivity contribution in [3.8, 4) is 11.1 Å². The van der Waals surface area contributed by atoms with E-state index in [1.807, 2.05) is 51.1 Å². The first kappa shape index (κ1) is 22.5. The van der Waals surface area contributed by atoms with Crippen molar-refractivity contribution in [3.63, 3.8) is 0 Å². The number of fused-ring (bicyclic) bond motifs is 1. The highest BCUT2D eigenvalue weighted by Crippen LogP contribution is 2.36. The smallest absolute Gasteiger partial charge is 0.341 e. The molecule has 1 amide bonds. The maximum atomic E-state index is 13.0. The van der Waals surface area contributed by atoms with Gasteiger partial charge in [0.25, 0.3) is 5.91 Å². The van der Waals surface area contributed by atoms with Crippen molar-refractivity contribution in [3.05, 3.63) is 86.1 Å². The fourth-order valence-electron chi connectivity index (χ4n) is 3.74. The van der Waals surface area contributed by atoms with Crippen molar-refractivity contribution in [2.45, 2.75) is 27.7 Å². The Morgan fingerprint density at radius 2 is 1.76 bits per heavy atom. The van der Waals surface area contributed by atoms with Crippen molar-refractivity contribution < 1.29 is 18.7 Å². The third-order valence-corrected chi connectivity index (χ3v) is 6.15. The quantitative estimate of drug-likeness (QED) is 0.375. The number of amides is 1. The zero-order valence-corrected chi connectivity index (χ0v) is 19.6. The summed E-state index contributed by atoms with van der Waals surface area (Å²) in [5.74, 6) is -1.27. The summed E-state index contributed by atoms with van der Waals surface area (Å²) < 4.78 is 11.0. The summed E-state index contributed by atoms with van der Waals surface area (Å²) in [6, 6.07) is 12.5. The normalized spacial score (nSPS) is 10.9. The van der Waals surface area contributed by atoms with E-state index >= 15 is 0 Å².